The number of esters is 2. The van der Waals surface area contributed by atoms with Gasteiger partial charge in [-0.3, -0.25) is 10.2 Å². The Balaban J connectivity index is 0.000000778. The van der Waals surface area contributed by atoms with Gasteiger partial charge >= 0.3 is 11.9 Å². The van der Waals surface area contributed by atoms with Gasteiger partial charge in [0.15, 0.2) is 12.0 Å². The molecule has 0 spiro atoms. The largest absolute Gasteiger partial charge is 0.466 e. The topological polar surface area (TPSA) is 114 Å². The van der Waals surface area contributed by atoms with Crippen LogP contribution >= 0.6 is 0 Å². The van der Waals surface area contributed by atoms with Crippen LogP contribution < -0.4 is 11.1 Å². The molecule has 7 nitrogen and oxygen atoms in total. The molecule has 230 valence electrons. The second-order valence-electron chi connectivity index (χ2n) is 10.5. The first-order chi connectivity index (χ1) is 19.5. The van der Waals surface area contributed by atoms with Crippen molar-refractivity contribution in [2.75, 3.05) is 13.2 Å². The lowest BCUT2D eigenvalue weighted by Crippen LogP contribution is -2.38. The minimum Gasteiger partial charge on any atom is -0.466 e. The van der Waals surface area contributed by atoms with Crippen molar-refractivity contribution >= 4 is 17.9 Å². The normalized spacial score (nSPS) is 11.2. The Bertz CT molecular complexity index is 742. The van der Waals surface area contributed by atoms with Gasteiger partial charge in [0.25, 0.3) is 0 Å². The summed E-state index contributed by atoms with van der Waals surface area (Å²) in [5, 5.41) is 9.99. The third kappa shape index (κ3) is 23.3. The van der Waals surface area contributed by atoms with Crippen molar-refractivity contribution in [3.05, 3.63) is 35.9 Å². The van der Waals surface area contributed by atoms with E-state index in [1.807, 2.05) is 30.3 Å². The lowest BCUT2D eigenvalue weighted by Gasteiger charge is -2.18. The molecule has 1 unspecified atom stereocenters. The molecule has 0 heterocycles. The Morgan fingerprint density at radius 2 is 1.15 bits per heavy atom. The second kappa shape index (κ2) is 28.0. The summed E-state index contributed by atoms with van der Waals surface area (Å²) in [6.45, 7) is 7.65. The molecule has 0 aliphatic rings. The number of carbonyl (C=O) groups excluding carboxylic acids is 2. The van der Waals surface area contributed by atoms with Gasteiger partial charge in [-0.25, -0.2) is 4.79 Å². The standard InChI is InChI=1S/C17H27N3O2.C16H32O2/c1-2-3-4-5-6-10-13-22-16(21)15(20-17(18)19)14-11-8-7-9-12-14;1-3-5-7-9-11-13-15-18-16(17)14-12-10-8-6-4-2/h7-9,11-12,15H,2-6,10,13H2,1H3,(H4,18,19,20);3-15H2,1-2H3. The molecule has 40 heavy (non-hydrogen) atoms. The zero-order valence-corrected chi connectivity index (χ0v) is 25.8. The van der Waals surface area contributed by atoms with Gasteiger partial charge in [-0.2, -0.15) is 0 Å². The average Bonchev–Trinajstić information content (AvgIpc) is 2.95. The van der Waals surface area contributed by atoms with E-state index < -0.39 is 12.0 Å². The fraction of sp³-hybridized carbons (Fsp3) is 0.727. The van der Waals surface area contributed by atoms with Gasteiger partial charge < -0.3 is 20.5 Å². The fourth-order valence-corrected chi connectivity index (χ4v) is 4.23. The molecule has 1 aromatic carbocycles. The quantitative estimate of drug-likeness (QED) is 0.0535. The van der Waals surface area contributed by atoms with Gasteiger partial charge in [0.2, 0.25) is 0 Å². The summed E-state index contributed by atoms with van der Waals surface area (Å²) in [6.07, 6.45) is 20.9. The molecule has 0 fully saturated rings. The smallest absolute Gasteiger partial charge is 0.333 e. The first kappa shape index (κ1) is 37.4. The van der Waals surface area contributed by atoms with Gasteiger partial charge in [-0.15, -0.1) is 0 Å². The number of nitrogens with one attached hydrogen (secondary N) is 2. The van der Waals surface area contributed by atoms with Crippen molar-refractivity contribution in [1.82, 2.24) is 5.32 Å². The minimum atomic E-state index is -0.723. The lowest BCUT2D eigenvalue weighted by atomic mass is 10.1. The van der Waals surface area contributed by atoms with Crippen LogP contribution in [0.5, 0.6) is 0 Å². The van der Waals surface area contributed by atoms with Crippen LogP contribution in [0, 0.1) is 5.41 Å². The molecule has 1 atom stereocenters. The fourth-order valence-electron chi connectivity index (χ4n) is 4.23. The maximum Gasteiger partial charge on any atom is 0.333 e. The van der Waals surface area contributed by atoms with E-state index >= 15 is 0 Å². The van der Waals surface area contributed by atoms with E-state index in [-0.39, 0.29) is 11.9 Å². The third-order valence-electron chi connectivity index (χ3n) is 6.66. The maximum absolute atomic E-state index is 12.2. The van der Waals surface area contributed by atoms with Crippen molar-refractivity contribution in [1.29, 1.82) is 5.41 Å². The Labute approximate surface area is 244 Å². The molecule has 0 aliphatic carbocycles. The molecular formula is C33H59N3O4. The van der Waals surface area contributed by atoms with Gasteiger partial charge in [-0.05, 0) is 24.8 Å². The van der Waals surface area contributed by atoms with E-state index in [1.54, 1.807) is 0 Å². The van der Waals surface area contributed by atoms with Crippen LogP contribution in [-0.4, -0.2) is 31.1 Å². The molecule has 7 heteroatoms. The summed E-state index contributed by atoms with van der Waals surface area (Å²) in [6, 6.07) is 8.45. The second-order valence-corrected chi connectivity index (χ2v) is 10.5. The zero-order valence-electron chi connectivity index (χ0n) is 25.8. The number of ether oxygens (including phenoxy) is 2. The maximum atomic E-state index is 12.2. The first-order valence-corrected chi connectivity index (χ1v) is 15.9. The lowest BCUT2D eigenvalue weighted by molar-refractivity contribution is -0.146. The van der Waals surface area contributed by atoms with Gasteiger partial charge in [0.1, 0.15) is 0 Å². The van der Waals surface area contributed by atoms with Crippen molar-refractivity contribution in [3.8, 4) is 0 Å². The number of hydrogen-bond acceptors (Lipinski definition) is 5. The van der Waals surface area contributed by atoms with Crippen LogP contribution in [0.2, 0.25) is 0 Å². The van der Waals surface area contributed by atoms with Crippen molar-refractivity contribution in [2.24, 2.45) is 5.73 Å². The van der Waals surface area contributed by atoms with Crippen LogP contribution in [-0.2, 0) is 19.1 Å². The van der Waals surface area contributed by atoms with Gasteiger partial charge in [0, 0.05) is 6.42 Å². The molecule has 0 saturated heterocycles. The summed E-state index contributed by atoms with van der Waals surface area (Å²) in [5.41, 5.74) is 6.10. The average molecular weight is 562 g/mol. The van der Waals surface area contributed by atoms with Gasteiger partial charge in [0.05, 0.1) is 13.2 Å². The summed E-state index contributed by atoms with van der Waals surface area (Å²) in [5.74, 6) is -0.639. The molecule has 0 saturated carbocycles. The molecule has 4 N–H and O–H groups in total. The number of rotatable bonds is 23. The molecule has 0 aromatic heterocycles. The molecule has 1 rings (SSSR count). The minimum absolute atomic E-state index is 0.0000525. The molecule has 0 amide bonds. The highest BCUT2D eigenvalue weighted by Gasteiger charge is 2.22. The molecule has 0 bridgehead atoms. The summed E-state index contributed by atoms with van der Waals surface area (Å²) in [7, 11) is 0. The molecular weight excluding hydrogens is 502 g/mol. The summed E-state index contributed by atoms with van der Waals surface area (Å²) in [4.78, 5) is 23.6. The number of hydrogen-bond donors (Lipinski definition) is 3. The molecule has 0 radical (unpaired) electrons. The van der Waals surface area contributed by atoms with E-state index in [1.165, 1.54) is 83.5 Å². The first-order valence-electron chi connectivity index (χ1n) is 15.9. The van der Waals surface area contributed by atoms with Crippen LogP contribution in [0.3, 0.4) is 0 Å². The highest BCUT2D eigenvalue weighted by Crippen LogP contribution is 2.15. The van der Waals surface area contributed by atoms with Crippen LogP contribution in [0.4, 0.5) is 0 Å². The molecule has 0 aliphatic heterocycles. The van der Waals surface area contributed by atoms with E-state index in [9.17, 15) is 9.59 Å². The Kier molecular flexibility index (Phi) is 26.2. The number of nitrogens with two attached hydrogens (primary N) is 1. The predicted molar refractivity (Wildman–Crippen MR) is 166 cm³/mol. The number of carbonyl (C=O) groups is 2. The predicted octanol–water partition coefficient (Wildman–Crippen LogP) is 8.37. The van der Waals surface area contributed by atoms with E-state index in [4.69, 9.17) is 20.6 Å². The highest BCUT2D eigenvalue weighted by molar-refractivity contribution is 5.84. The van der Waals surface area contributed by atoms with Gasteiger partial charge in [-0.1, -0.05) is 141 Å². The number of unbranched alkanes of at least 4 members (excludes halogenated alkanes) is 14. The van der Waals surface area contributed by atoms with Crippen molar-refractivity contribution in [3.63, 3.8) is 0 Å². The van der Waals surface area contributed by atoms with Crippen molar-refractivity contribution in [2.45, 2.75) is 142 Å². The van der Waals surface area contributed by atoms with E-state index in [0.717, 1.165) is 31.2 Å². The van der Waals surface area contributed by atoms with Crippen molar-refractivity contribution < 1.29 is 19.1 Å². The zero-order chi connectivity index (χ0) is 29.7. The van der Waals surface area contributed by atoms with E-state index in [2.05, 4.69) is 26.1 Å². The van der Waals surface area contributed by atoms with Crippen LogP contribution in [0.15, 0.2) is 30.3 Å². The Hall–Kier alpha value is -2.57. The van der Waals surface area contributed by atoms with Crippen LogP contribution in [0.25, 0.3) is 0 Å². The van der Waals surface area contributed by atoms with E-state index in [0.29, 0.717) is 19.6 Å². The molecule has 1 aromatic rings. The monoisotopic (exact) mass is 561 g/mol. The Morgan fingerprint density at radius 3 is 1.65 bits per heavy atom. The summed E-state index contributed by atoms with van der Waals surface area (Å²) >= 11 is 0. The SMILES string of the molecule is CCCCCCCCOC(=O)C(NC(=N)N)c1ccccc1.CCCCCCCCOC(=O)CCCCCCC. The number of benzene rings is 1. The van der Waals surface area contributed by atoms with Crippen LogP contribution in [0.1, 0.15) is 148 Å². The third-order valence-corrected chi connectivity index (χ3v) is 6.66. The number of guanidine groups is 1. The summed E-state index contributed by atoms with van der Waals surface area (Å²) < 4.78 is 10.5. The highest BCUT2D eigenvalue weighted by atomic mass is 16.5. The Morgan fingerprint density at radius 1 is 0.700 bits per heavy atom.